The Morgan fingerprint density at radius 2 is 1.88 bits per heavy atom. The maximum absolute atomic E-state index is 12.6. The summed E-state index contributed by atoms with van der Waals surface area (Å²) in [4.78, 5) is 32.9. The summed E-state index contributed by atoms with van der Waals surface area (Å²) in [6, 6.07) is 10.0. The van der Waals surface area contributed by atoms with Crippen LogP contribution in [0.15, 0.2) is 48.8 Å². The lowest BCUT2D eigenvalue weighted by molar-refractivity contribution is 0.0955. The van der Waals surface area contributed by atoms with Crippen molar-refractivity contribution >= 4 is 40.0 Å². The molecule has 0 fully saturated rings. The normalized spacial score (nSPS) is 10.5. The second-order valence-corrected chi connectivity index (χ2v) is 5.86. The van der Waals surface area contributed by atoms with Crippen LogP contribution in [0, 0.1) is 0 Å². The zero-order valence-corrected chi connectivity index (χ0v) is 14.5. The van der Waals surface area contributed by atoms with Gasteiger partial charge in [-0.15, -0.1) is 0 Å². The van der Waals surface area contributed by atoms with Crippen molar-refractivity contribution in [1.82, 2.24) is 15.3 Å². The van der Waals surface area contributed by atoms with Gasteiger partial charge in [0.2, 0.25) is 0 Å². The number of halogens is 1. The number of rotatable bonds is 5. The van der Waals surface area contributed by atoms with E-state index in [4.69, 9.17) is 17.3 Å². The number of nitrogens with one attached hydrogen (secondary N) is 2. The predicted molar refractivity (Wildman–Crippen MR) is 100 cm³/mol. The lowest BCUT2D eigenvalue weighted by Crippen LogP contribution is -2.30. The lowest BCUT2D eigenvalue weighted by atomic mass is 10.1. The maximum Gasteiger partial charge on any atom is 0.257 e. The molecule has 0 bridgehead atoms. The van der Waals surface area contributed by atoms with Crippen LogP contribution in [0.1, 0.15) is 20.7 Å². The summed E-state index contributed by atoms with van der Waals surface area (Å²) in [5, 5.41) is 6.45. The number of nitrogens with zero attached hydrogens (tertiary/aromatic N) is 2. The van der Waals surface area contributed by atoms with Gasteiger partial charge in [0.15, 0.2) is 0 Å². The second kappa shape index (κ2) is 7.90. The fraction of sp³-hybridized carbons (Fsp3) is 0.111. The Hall–Kier alpha value is -3.03. The number of carbonyl (C=O) groups excluding carboxylic acids is 2. The summed E-state index contributed by atoms with van der Waals surface area (Å²) in [7, 11) is 0. The first-order valence-corrected chi connectivity index (χ1v) is 8.26. The zero-order chi connectivity index (χ0) is 18.5. The highest BCUT2D eigenvalue weighted by atomic mass is 35.5. The SMILES string of the molecule is NCCNC(=O)c1ccccc1NC(=O)c1cnc2cnc(Cl)cc2c1. The van der Waals surface area contributed by atoms with E-state index in [1.54, 1.807) is 36.4 Å². The number of anilines is 1. The van der Waals surface area contributed by atoms with Crippen molar-refractivity contribution in [2.45, 2.75) is 0 Å². The first-order valence-electron chi connectivity index (χ1n) is 7.88. The summed E-state index contributed by atoms with van der Waals surface area (Å²) >= 11 is 5.88. The molecule has 8 heteroatoms. The van der Waals surface area contributed by atoms with Gasteiger partial charge < -0.3 is 16.4 Å². The Morgan fingerprint density at radius 1 is 1.08 bits per heavy atom. The van der Waals surface area contributed by atoms with Crippen LogP contribution in [0.4, 0.5) is 5.69 Å². The Labute approximate surface area is 154 Å². The number of pyridine rings is 2. The maximum atomic E-state index is 12.6. The first-order chi connectivity index (χ1) is 12.6. The summed E-state index contributed by atoms with van der Waals surface area (Å²) in [5.74, 6) is -0.688. The van der Waals surface area contributed by atoms with Crippen molar-refractivity contribution in [3.8, 4) is 0 Å². The van der Waals surface area contributed by atoms with E-state index < -0.39 is 0 Å². The standard InChI is InChI=1S/C18H16ClN5O2/c19-16-8-11-7-12(9-22-15(11)10-23-16)17(25)24-14-4-2-1-3-13(14)18(26)21-6-5-20/h1-4,7-10H,5-6,20H2,(H,21,26)(H,24,25). The van der Waals surface area contributed by atoms with E-state index in [1.807, 2.05) is 0 Å². The number of nitrogens with two attached hydrogens (primary N) is 1. The van der Waals surface area contributed by atoms with Crippen molar-refractivity contribution < 1.29 is 9.59 Å². The molecule has 0 saturated heterocycles. The highest BCUT2D eigenvalue weighted by molar-refractivity contribution is 6.30. The van der Waals surface area contributed by atoms with Crippen molar-refractivity contribution in [2.75, 3.05) is 18.4 Å². The van der Waals surface area contributed by atoms with Crippen LogP contribution in [0.2, 0.25) is 5.15 Å². The van der Waals surface area contributed by atoms with Gasteiger partial charge in [0, 0.05) is 24.7 Å². The van der Waals surface area contributed by atoms with Gasteiger partial charge in [-0.2, -0.15) is 0 Å². The molecule has 0 unspecified atom stereocenters. The van der Waals surface area contributed by atoms with Gasteiger partial charge in [-0.05, 0) is 24.3 Å². The molecule has 0 spiro atoms. The van der Waals surface area contributed by atoms with E-state index in [1.165, 1.54) is 12.4 Å². The summed E-state index contributed by atoms with van der Waals surface area (Å²) in [6.07, 6.45) is 2.99. The Bertz CT molecular complexity index is 977. The average molecular weight is 370 g/mol. The Morgan fingerprint density at radius 3 is 2.69 bits per heavy atom. The van der Waals surface area contributed by atoms with E-state index >= 15 is 0 Å². The highest BCUT2D eigenvalue weighted by Gasteiger charge is 2.14. The van der Waals surface area contributed by atoms with E-state index in [9.17, 15) is 9.59 Å². The van der Waals surface area contributed by atoms with Crippen molar-refractivity contribution in [1.29, 1.82) is 0 Å². The molecule has 132 valence electrons. The van der Waals surface area contributed by atoms with Gasteiger partial charge in [-0.3, -0.25) is 14.6 Å². The number of hydrogen-bond acceptors (Lipinski definition) is 5. The van der Waals surface area contributed by atoms with Crippen LogP contribution in [-0.2, 0) is 0 Å². The van der Waals surface area contributed by atoms with Crippen molar-refractivity contribution in [3.63, 3.8) is 0 Å². The van der Waals surface area contributed by atoms with E-state index in [-0.39, 0.29) is 11.8 Å². The molecule has 0 saturated carbocycles. The quantitative estimate of drug-likeness (QED) is 0.597. The number of carbonyl (C=O) groups is 2. The van der Waals surface area contributed by atoms with E-state index in [0.29, 0.717) is 46.0 Å². The van der Waals surface area contributed by atoms with Gasteiger partial charge in [-0.25, -0.2) is 4.98 Å². The van der Waals surface area contributed by atoms with E-state index in [0.717, 1.165) is 0 Å². The molecule has 26 heavy (non-hydrogen) atoms. The molecular weight excluding hydrogens is 354 g/mol. The lowest BCUT2D eigenvalue weighted by Gasteiger charge is -2.11. The number of benzene rings is 1. The molecule has 0 aliphatic rings. The summed E-state index contributed by atoms with van der Waals surface area (Å²) in [6.45, 7) is 0.685. The van der Waals surface area contributed by atoms with Crippen LogP contribution >= 0.6 is 11.6 Å². The Balaban J connectivity index is 1.85. The average Bonchev–Trinajstić information content (AvgIpc) is 2.65. The van der Waals surface area contributed by atoms with E-state index in [2.05, 4.69) is 20.6 Å². The molecule has 3 aromatic rings. The van der Waals surface area contributed by atoms with Crippen LogP contribution < -0.4 is 16.4 Å². The first kappa shape index (κ1) is 17.8. The minimum Gasteiger partial charge on any atom is -0.351 e. The zero-order valence-electron chi connectivity index (χ0n) is 13.7. The van der Waals surface area contributed by atoms with Gasteiger partial charge >= 0.3 is 0 Å². The predicted octanol–water partition coefficient (Wildman–Crippen LogP) is 2.22. The highest BCUT2D eigenvalue weighted by Crippen LogP contribution is 2.19. The molecular formula is C18H16ClN5O2. The molecule has 1 aromatic carbocycles. The van der Waals surface area contributed by atoms with Gasteiger partial charge in [-0.1, -0.05) is 23.7 Å². The number of para-hydroxylation sites is 1. The summed E-state index contributed by atoms with van der Waals surface area (Å²) in [5.41, 5.74) is 7.14. The smallest absolute Gasteiger partial charge is 0.257 e. The molecule has 2 aromatic heterocycles. The van der Waals surface area contributed by atoms with Gasteiger partial charge in [0.1, 0.15) is 5.15 Å². The molecule has 0 radical (unpaired) electrons. The topological polar surface area (TPSA) is 110 Å². The molecule has 7 nitrogen and oxygen atoms in total. The molecule has 4 N–H and O–H groups in total. The minimum atomic E-state index is -0.383. The van der Waals surface area contributed by atoms with Gasteiger partial charge in [0.05, 0.1) is 28.5 Å². The van der Waals surface area contributed by atoms with Crippen LogP contribution in [0.5, 0.6) is 0 Å². The largest absolute Gasteiger partial charge is 0.351 e. The molecule has 3 rings (SSSR count). The van der Waals surface area contributed by atoms with Gasteiger partial charge in [0.25, 0.3) is 11.8 Å². The molecule has 2 heterocycles. The third kappa shape index (κ3) is 3.96. The third-order valence-corrected chi connectivity index (χ3v) is 3.85. The number of aromatic nitrogens is 2. The molecule has 0 atom stereocenters. The molecule has 2 amide bonds. The number of hydrogen-bond donors (Lipinski definition) is 3. The fourth-order valence-corrected chi connectivity index (χ4v) is 2.56. The number of amides is 2. The van der Waals surface area contributed by atoms with Crippen molar-refractivity contribution in [2.24, 2.45) is 5.73 Å². The second-order valence-electron chi connectivity index (χ2n) is 5.47. The van der Waals surface area contributed by atoms with Crippen LogP contribution in [-0.4, -0.2) is 34.9 Å². The molecule has 0 aliphatic carbocycles. The summed E-state index contributed by atoms with van der Waals surface area (Å²) < 4.78 is 0. The van der Waals surface area contributed by atoms with Crippen LogP contribution in [0.25, 0.3) is 10.9 Å². The Kier molecular flexibility index (Phi) is 5.40. The third-order valence-electron chi connectivity index (χ3n) is 3.65. The minimum absolute atomic E-state index is 0.305. The fourth-order valence-electron chi connectivity index (χ4n) is 2.39. The van der Waals surface area contributed by atoms with Crippen LogP contribution in [0.3, 0.4) is 0 Å². The number of fused-ring (bicyclic) bond motifs is 1. The monoisotopic (exact) mass is 369 g/mol. The molecule has 0 aliphatic heterocycles. The van der Waals surface area contributed by atoms with Crippen molar-refractivity contribution in [3.05, 3.63) is 65.1 Å².